The number of anilines is 1. The van der Waals surface area contributed by atoms with Gasteiger partial charge < -0.3 is 4.90 Å². The lowest BCUT2D eigenvalue weighted by atomic mass is 9.90. The molecular formula is C31H31BrN4O3S. The molecule has 1 aliphatic rings. The number of nitrogens with zero attached hydrogens (tertiary/aromatic N) is 3. The summed E-state index contributed by atoms with van der Waals surface area (Å²) in [5, 5.41) is 0. The van der Waals surface area contributed by atoms with Crippen molar-refractivity contribution in [2.24, 2.45) is 5.92 Å². The number of piperidine rings is 1. The molecule has 0 bridgehead atoms. The quantitative estimate of drug-likeness (QED) is 0.272. The lowest BCUT2D eigenvalue weighted by Gasteiger charge is -2.32. The zero-order chi connectivity index (χ0) is 28.1. The number of hydrogen-bond donors (Lipinski definition) is 1. The van der Waals surface area contributed by atoms with Crippen LogP contribution in [0, 0.1) is 12.8 Å². The number of rotatable bonds is 8. The number of aryl methyl sites for hydroxylation is 1. The molecule has 1 amide bonds. The molecule has 2 heterocycles. The number of sulfonamides is 1. The number of benzene rings is 3. The van der Waals surface area contributed by atoms with Crippen LogP contribution in [-0.2, 0) is 22.9 Å². The van der Waals surface area contributed by atoms with Gasteiger partial charge >= 0.3 is 0 Å². The summed E-state index contributed by atoms with van der Waals surface area (Å²) in [7, 11) is -4.08. The van der Waals surface area contributed by atoms with E-state index in [0.29, 0.717) is 28.5 Å². The molecule has 0 atom stereocenters. The van der Waals surface area contributed by atoms with Crippen molar-refractivity contribution in [3.05, 3.63) is 117 Å². The zero-order valence-corrected chi connectivity index (χ0v) is 24.7. The molecule has 0 radical (unpaired) electrons. The molecule has 40 heavy (non-hydrogen) atoms. The Morgan fingerprint density at radius 2 is 1.70 bits per heavy atom. The number of amides is 1. The fourth-order valence-corrected chi connectivity index (χ4v) is 6.62. The summed E-state index contributed by atoms with van der Waals surface area (Å²) in [6.45, 7) is 3.65. The van der Waals surface area contributed by atoms with E-state index in [1.54, 1.807) is 12.1 Å². The molecule has 0 saturated carbocycles. The monoisotopic (exact) mass is 618 g/mol. The number of carbonyl (C=O) groups is 1. The first kappa shape index (κ1) is 28.0. The van der Waals surface area contributed by atoms with Crippen LogP contribution in [0.4, 0.5) is 5.95 Å². The van der Waals surface area contributed by atoms with Gasteiger partial charge in [-0.1, -0.05) is 82.2 Å². The predicted octanol–water partition coefficient (Wildman–Crippen LogP) is 5.72. The van der Waals surface area contributed by atoms with Gasteiger partial charge in [0.25, 0.3) is 15.9 Å². The highest BCUT2D eigenvalue weighted by atomic mass is 79.9. The van der Waals surface area contributed by atoms with E-state index in [1.165, 1.54) is 23.9 Å². The number of aromatic nitrogens is 2. The molecule has 7 nitrogen and oxygen atoms in total. The molecule has 5 rings (SSSR count). The molecular weight excluding hydrogens is 588 g/mol. The van der Waals surface area contributed by atoms with Crippen LogP contribution in [0.25, 0.3) is 0 Å². The van der Waals surface area contributed by atoms with Gasteiger partial charge in [0.1, 0.15) is 0 Å². The molecule has 0 unspecified atom stereocenters. The average molecular weight is 620 g/mol. The molecule has 1 N–H and O–H groups in total. The summed E-state index contributed by atoms with van der Waals surface area (Å²) in [6.07, 6.45) is 4.94. The minimum atomic E-state index is -4.08. The Bertz CT molecular complexity index is 1600. The van der Waals surface area contributed by atoms with Crippen LogP contribution in [0.15, 0.2) is 94.4 Å². The van der Waals surface area contributed by atoms with Crippen LogP contribution >= 0.6 is 15.9 Å². The van der Waals surface area contributed by atoms with Crippen molar-refractivity contribution in [3.63, 3.8) is 0 Å². The highest BCUT2D eigenvalue weighted by Crippen LogP contribution is 2.25. The molecule has 1 aromatic heterocycles. The fraction of sp³-hybridized carbons (Fsp3) is 0.258. The molecule has 1 saturated heterocycles. The number of carbonyl (C=O) groups excluding carboxylic acids is 1. The summed E-state index contributed by atoms with van der Waals surface area (Å²) in [5.74, 6) is 0.404. The van der Waals surface area contributed by atoms with Crippen LogP contribution in [0.5, 0.6) is 0 Å². The van der Waals surface area contributed by atoms with Crippen molar-refractivity contribution < 1.29 is 13.2 Å². The van der Waals surface area contributed by atoms with Crippen LogP contribution in [0.3, 0.4) is 0 Å². The van der Waals surface area contributed by atoms with Crippen molar-refractivity contribution in [2.75, 3.05) is 18.0 Å². The molecule has 1 fully saturated rings. The first-order chi connectivity index (χ1) is 19.3. The number of nitrogens with one attached hydrogen (secondary N) is 1. The van der Waals surface area contributed by atoms with E-state index in [0.717, 1.165) is 43.5 Å². The minimum Gasteiger partial charge on any atom is -0.341 e. The van der Waals surface area contributed by atoms with Gasteiger partial charge in [0, 0.05) is 30.2 Å². The molecule has 206 valence electrons. The Kier molecular flexibility index (Phi) is 8.61. The van der Waals surface area contributed by atoms with E-state index >= 15 is 0 Å². The Labute approximate surface area is 243 Å². The summed E-state index contributed by atoms with van der Waals surface area (Å²) in [4.78, 5) is 24.8. The molecule has 4 aromatic rings. The van der Waals surface area contributed by atoms with Gasteiger partial charge in [-0.15, -0.1) is 0 Å². The Morgan fingerprint density at radius 3 is 2.42 bits per heavy atom. The van der Waals surface area contributed by atoms with Gasteiger partial charge in [0.15, 0.2) is 0 Å². The number of hydrogen-bond acceptors (Lipinski definition) is 6. The van der Waals surface area contributed by atoms with Gasteiger partial charge in [0.2, 0.25) is 5.95 Å². The topological polar surface area (TPSA) is 92.3 Å². The van der Waals surface area contributed by atoms with Crippen molar-refractivity contribution in [1.82, 2.24) is 14.7 Å². The lowest BCUT2D eigenvalue weighted by Crippen LogP contribution is -2.36. The third-order valence-corrected chi connectivity index (χ3v) is 8.97. The molecule has 0 spiro atoms. The average Bonchev–Trinajstić information content (AvgIpc) is 2.94. The molecule has 1 aliphatic heterocycles. The maximum absolute atomic E-state index is 13.3. The first-order valence-corrected chi connectivity index (χ1v) is 15.6. The molecule has 0 aliphatic carbocycles. The van der Waals surface area contributed by atoms with Gasteiger partial charge in [-0.25, -0.2) is 23.1 Å². The third kappa shape index (κ3) is 6.95. The van der Waals surface area contributed by atoms with Gasteiger partial charge in [-0.3, -0.25) is 4.79 Å². The maximum atomic E-state index is 13.3. The third-order valence-electron chi connectivity index (χ3n) is 7.15. The van der Waals surface area contributed by atoms with Crippen molar-refractivity contribution in [3.8, 4) is 0 Å². The second-order valence-electron chi connectivity index (χ2n) is 10.2. The van der Waals surface area contributed by atoms with Crippen molar-refractivity contribution in [2.45, 2.75) is 37.5 Å². The van der Waals surface area contributed by atoms with Crippen LogP contribution in [0.1, 0.15) is 45.6 Å². The Balaban J connectivity index is 1.37. The molecule has 3 aromatic carbocycles. The summed E-state index contributed by atoms with van der Waals surface area (Å²) in [5.41, 5.74) is 4.06. The SMILES string of the molecule is Cc1cccc(Cc2nc(N3CCC(Cc4ccccc4)CC3)ncc2C(=O)NS(=O)(=O)c2cccc(Br)c2)c1. The summed E-state index contributed by atoms with van der Waals surface area (Å²) < 4.78 is 28.7. The second kappa shape index (κ2) is 12.3. The van der Waals surface area contributed by atoms with E-state index in [2.05, 4.69) is 54.8 Å². The highest BCUT2D eigenvalue weighted by molar-refractivity contribution is 9.10. The summed E-state index contributed by atoms with van der Waals surface area (Å²) in [6, 6.07) is 24.7. The van der Waals surface area contributed by atoms with E-state index in [9.17, 15) is 13.2 Å². The van der Waals surface area contributed by atoms with E-state index < -0.39 is 15.9 Å². The van der Waals surface area contributed by atoms with Crippen LogP contribution in [0.2, 0.25) is 0 Å². The highest BCUT2D eigenvalue weighted by Gasteiger charge is 2.25. The van der Waals surface area contributed by atoms with Gasteiger partial charge in [-0.05, 0) is 61.4 Å². The van der Waals surface area contributed by atoms with Crippen molar-refractivity contribution in [1.29, 1.82) is 0 Å². The van der Waals surface area contributed by atoms with Crippen molar-refractivity contribution >= 4 is 37.8 Å². The van der Waals surface area contributed by atoms with Gasteiger partial charge in [0.05, 0.1) is 16.2 Å². The standard InChI is InChI=1S/C31H31BrN4O3S/c1-22-7-5-10-25(17-22)19-29-28(30(37)35-40(38,39)27-12-6-11-26(32)20-27)21-33-31(34-29)36-15-13-24(14-16-36)18-23-8-3-2-4-9-23/h2-12,17,20-21,24H,13-16,18-19H2,1H3,(H,35,37). The molecule has 9 heteroatoms. The van der Waals surface area contributed by atoms with E-state index in [4.69, 9.17) is 4.98 Å². The number of halogens is 1. The normalized spacial score (nSPS) is 14.2. The lowest BCUT2D eigenvalue weighted by molar-refractivity contribution is 0.0980. The van der Waals surface area contributed by atoms with E-state index in [-0.39, 0.29) is 10.5 Å². The largest absolute Gasteiger partial charge is 0.341 e. The van der Waals surface area contributed by atoms with Crippen LogP contribution in [-0.4, -0.2) is 37.4 Å². The van der Waals surface area contributed by atoms with E-state index in [1.807, 2.05) is 37.3 Å². The smallest absolute Gasteiger partial charge is 0.268 e. The Hall–Kier alpha value is -3.56. The zero-order valence-electron chi connectivity index (χ0n) is 22.3. The summed E-state index contributed by atoms with van der Waals surface area (Å²) >= 11 is 3.28. The van der Waals surface area contributed by atoms with Crippen LogP contribution < -0.4 is 9.62 Å². The minimum absolute atomic E-state index is 0.00799. The maximum Gasteiger partial charge on any atom is 0.268 e. The predicted molar refractivity (Wildman–Crippen MR) is 160 cm³/mol. The second-order valence-corrected chi connectivity index (χ2v) is 12.8. The fourth-order valence-electron chi connectivity index (χ4n) is 5.05. The first-order valence-electron chi connectivity index (χ1n) is 13.3. The Morgan fingerprint density at radius 1 is 0.975 bits per heavy atom. The van der Waals surface area contributed by atoms with Gasteiger partial charge in [-0.2, -0.15) is 0 Å².